The summed E-state index contributed by atoms with van der Waals surface area (Å²) in [5.41, 5.74) is 2.81. The van der Waals surface area contributed by atoms with Crippen LogP contribution in [0.1, 0.15) is 53.8 Å². The van der Waals surface area contributed by atoms with Crippen LogP contribution in [0.15, 0.2) is 78.1 Å². The van der Waals surface area contributed by atoms with Gasteiger partial charge in [-0.25, -0.2) is 22.3 Å². The van der Waals surface area contributed by atoms with Crippen LogP contribution in [0.25, 0.3) is 16.4 Å². The van der Waals surface area contributed by atoms with Crippen molar-refractivity contribution in [1.82, 2.24) is 24.9 Å². The molecule has 5 aromatic rings. The number of sulfone groups is 1. The monoisotopic (exact) mass is 586 g/mol. The number of aryl methyl sites for hydroxylation is 1. The van der Waals surface area contributed by atoms with Gasteiger partial charge in [0.05, 0.1) is 23.3 Å². The molecule has 42 heavy (non-hydrogen) atoms. The smallest absolute Gasteiger partial charge is 0.256 e. The molecule has 7 rings (SSSR count). The van der Waals surface area contributed by atoms with Crippen molar-refractivity contribution in [1.29, 1.82) is 0 Å². The molecule has 0 aliphatic carbocycles. The lowest BCUT2D eigenvalue weighted by atomic mass is 9.98. The van der Waals surface area contributed by atoms with E-state index in [9.17, 15) is 17.6 Å². The van der Waals surface area contributed by atoms with E-state index in [2.05, 4.69) is 20.3 Å². The average molecular weight is 587 g/mol. The van der Waals surface area contributed by atoms with Crippen LogP contribution in [-0.4, -0.2) is 52.7 Å². The summed E-state index contributed by atoms with van der Waals surface area (Å²) in [6, 6.07) is 16.3. The first-order valence-corrected chi connectivity index (χ1v) is 15.8. The molecular weight excluding hydrogens is 555 g/mol. The van der Waals surface area contributed by atoms with Crippen molar-refractivity contribution < 1.29 is 17.6 Å². The van der Waals surface area contributed by atoms with Crippen LogP contribution in [-0.2, 0) is 16.3 Å². The van der Waals surface area contributed by atoms with Crippen LogP contribution < -0.4 is 10.2 Å². The average Bonchev–Trinajstić information content (AvgIpc) is 3.63. The molecule has 2 aliphatic heterocycles. The second-order valence-corrected chi connectivity index (χ2v) is 12.9. The Morgan fingerprint density at radius 3 is 2.64 bits per heavy atom. The molecule has 11 heteroatoms. The molecule has 3 aromatic heterocycles. The van der Waals surface area contributed by atoms with Crippen LogP contribution >= 0.6 is 0 Å². The number of nitrogens with one attached hydrogen (secondary N) is 1. The van der Waals surface area contributed by atoms with Gasteiger partial charge in [0, 0.05) is 30.7 Å². The molecule has 1 N–H and O–H groups in total. The predicted molar refractivity (Wildman–Crippen MR) is 159 cm³/mol. The summed E-state index contributed by atoms with van der Waals surface area (Å²) in [7, 11) is -3.09. The Balaban J connectivity index is 0.000000189. The number of carbonyl (C=O) groups excluding carboxylic acids is 1. The van der Waals surface area contributed by atoms with Gasteiger partial charge < -0.3 is 10.2 Å². The van der Waals surface area contributed by atoms with Crippen molar-refractivity contribution in [2.45, 2.75) is 49.6 Å². The lowest BCUT2D eigenvalue weighted by Crippen LogP contribution is -2.33. The van der Waals surface area contributed by atoms with Gasteiger partial charge in [0.1, 0.15) is 17.2 Å². The maximum absolute atomic E-state index is 14.1. The number of carbonyl (C=O) groups is 1. The van der Waals surface area contributed by atoms with Crippen molar-refractivity contribution in [3.8, 4) is 0 Å². The van der Waals surface area contributed by atoms with E-state index in [0.29, 0.717) is 22.5 Å². The fraction of sp³-hybridized carbons (Fsp3) is 0.290. The zero-order valence-electron chi connectivity index (χ0n) is 23.4. The number of hydrogen-bond acceptors (Lipinski definition) is 7. The minimum Gasteiger partial charge on any atom is -0.349 e. The minimum absolute atomic E-state index is 0.0271. The lowest BCUT2D eigenvalue weighted by Gasteiger charge is -2.27. The van der Waals surface area contributed by atoms with Gasteiger partial charge in [-0.1, -0.05) is 30.3 Å². The summed E-state index contributed by atoms with van der Waals surface area (Å²) in [6.45, 7) is 2.79. The quantitative estimate of drug-likeness (QED) is 0.297. The first kappa shape index (κ1) is 27.8. The Morgan fingerprint density at radius 1 is 1.02 bits per heavy atom. The number of halogens is 1. The molecule has 0 radical (unpaired) electrons. The second kappa shape index (κ2) is 11.1. The molecule has 0 unspecified atom stereocenters. The Hall–Kier alpha value is -4.38. The molecule has 0 saturated carbocycles. The Kier molecular flexibility index (Phi) is 7.36. The number of fused-ring (bicyclic) bond motifs is 6. The van der Waals surface area contributed by atoms with Crippen LogP contribution in [0, 0.1) is 5.82 Å². The molecule has 2 aromatic carbocycles. The summed E-state index contributed by atoms with van der Waals surface area (Å²) in [5.74, 6) is 0.265. The number of pyridine rings is 1. The van der Waals surface area contributed by atoms with Crippen molar-refractivity contribution in [2.75, 3.05) is 17.7 Å². The summed E-state index contributed by atoms with van der Waals surface area (Å²) in [5, 5.41) is 9.28. The fourth-order valence-corrected chi connectivity index (χ4v) is 6.31. The van der Waals surface area contributed by atoms with Crippen LogP contribution in [0.3, 0.4) is 0 Å². The van der Waals surface area contributed by atoms with Gasteiger partial charge in [-0.3, -0.25) is 9.78 Å². The van der Waals surface area contributed by atoms with Gasteiger partial charge in [-0.05, 0) is 73.2 Å². The Morgan fingerprint density at radius 2 is 1.83 bits per heavy atom. The van der Waals surface area contributed by atoms with Crippen LogP contribution in [0.5, 0.6) is 0 Å². The molecule has 2 atom stereocenters. The van der Waals surface area contributed by atoms with Gasteiger partial charge in [0.15, 0.2) is 15.5 Å². The summed E-state index contributed by atoms with van der Waals surface area (Å²) >= 11 is 0. The van der Waals surface area contributed by atoms with E-state index < -0.39 is 9.84 Å². The van der Waals surface area contributed by atoms with E-state index in [4.69, 9.17) is 4.98 Å². The summed E-state index contributed by atoms with van der Waals surface area (Å²) in [6.07, 6.45) is 9.19. The highest BCUT2D eigenvalue weighted by Crippen LogP contribution is 2.37. The molecule has 1 fully saturated rings. The minimum atomic E-state index is -3.09. The Labute approximate surface area is 243 Å². The standard InChI is InChI=1S/C20H21FN6O.C11H10O2S/c1-12-4-5-16-14(9-13(21)10-22-16)17-3-2-7-26(17)18-6-8-27-19(25-18)15(11-23-27)20(28)24-12;1-14(12,13)11-7-6-9-4-2-3-5-10(9)8-11/h6,8-12,17H,2-5,7H2,1H3,(H,24,28);2-8H,1H3/t12-,17-;/m1./s1. The Bertz CT molecular complexity index is 1910. The highest BCUT2D eigenvalue weighted by atomic mass is 32.2. The van der Waals surface area contributed by atoms with Crippen molar-refractivity contribution in [3.63, 3.8) is 0 Å². The third-order valence-corrected chi connectivity index (χ3v) is 8.93. The van der Waals surface area contributed by atoms with Gasteiger partial charge in [0.25, 0.3) is 5.91 Å². The molecule has 9 nitrogen and oxygen atoms in total. The molecule has 5 heterocycles. The lowest BCUT2D eigenvalue weighted by molar-refractivity contribution is 0.0940. The van der Waals surface area contributed by atoms with E-state index in [0.717, 1.165) is 53.7 Å². The zero-order chi connectivity index (χ0) is 29.4. The first-order valence-electron chi connectivity index (χ1n) is 13.9. The molecule has 1 saturated heterocycles. The molecule has 216 valence electrons. The summed E-state index contributed by atoms with van der Waals surface area (Å²) in [4.78, 5) is 24.4. The number of benzene rings is 2. The number of hydrogen-bond donors (Lipinski definition) is 1. The first-order chi connectivity index (χ1) is 20.2. The summed E-state index contributed by atoms with van der Waals surface area (Å²) < 4.78 is 38.2. The van der Waals surface area contributed by atoms with Gasteiger partial charge >= 0.3 is 0 Å². The van der Waals surface area contributed by atoms with E-state index in [1.165, 1.54) is 12.5 Å². The zero-order valence-corrected chi connectivity index (χ0v) is 24.2. The van der Waals surface area contributed by atoms with Crippen LogP contribution in [0.2, 0.25) is 0 Å². The normalized spacial score (nSPS) is 18.7. The molecule has 1 amide bonds. The number of anilines is 1. The number of amides is 1. The number of nitrogens with zero attached hydrogens (tertiary/aromatic N) is 5. The molecular formula is C31H31FN6O3S. The molecule has 2 bridgehead atoms. The van der Waals surface area contributed by atoms with Crippen LogP contribution in [0.4, 0.5) is 10.2 Å². The van der Waals surface area contributed by atoms with Gasteiger partial charge in [-0.2, -0.15) is 5.10 Å². The van der Waals surface area contributed by atoms with E-state index >= 15 is 0 Å². The number of aromatic nitrogens is 4. The largest absolute Gasteiger partial charge is 0.349 e. The third-order valence-electron chi connectivity index (χ3n) is 7.82. The highest BCUT2D eigenvalue weighted by Gasteiger charge is 2.31. The fourth-order valence-electron chi connectivity index (χ4n) is 5.65. The maximum Gasteiger partial charge on any atom is 0.256 e. The van der Waals surface area contributed by atoms with Gasteiger partial charge in [0.2, 0.25) is 0 Å². The second-order valence-electron chi connectivity index (χ2n) is 10.8. The van der Waals surface area contributed by atoms with E-state index in [1.807, 2.05) is 49.5 Å². The third kappa shape index (κ3) is 5.56. The predicted octanol–water partition coefficient (Wildman–Crippen LogP) is 4.91. The van der Waals surface area contributed by atoms with Crippen molar-refractivity contribution in [3.05, 3.63) is 95.8 Å². The van der Waals surface area contributed by atoms with E-state index in [-0.39, 0.29) is 23.8 Å². The maximum atomic E-state index is 14.1. The number of rotatable bonds is 1. The SMILES string of the molecule is CS(=O)(=O)c1ccc2ccccc2c1.C[C@@H]1CCc2ncc(F)cc2[C@H]2CCCN2c2ccn3ncc(c3n2)C(=O)N1. The van der Waals surface area contributed by atoms with E-state index in [1.54, 1.807) is 28.9 Å². The molecule has 2 aliphatic rings. The van der Waals surface area contributed by atoms with Crippen molar-refractivity contribution >= 4 is 38.0 Å². The van der Waals surface area contributed by atoms with Gasteiger partial charge in [-0.15, -0.1) is 0 Å². The highest BCUT2D eigenvalue weighted by molar-refractivity contribution is 7.90. The van der Waals surface area contributed by atoms with Crippen molar-refractivity contribution in [2.24, 2.45) is 0 Å². The molecule has 0 spiro atoms. The topological polar surface area (TPSA) is 110 Å².